The van der Waals surface area contributed by atoms with Crippen LogP contribution in [0.15, 0.2) is 18.2 Å². The minimum absolute atomic E-state index is 0.0491. The summed E-state index contributed by atoms with van der Waals surface area (Å²) in [4.78, 5) is 0. The highest BCUT2D eigenvalue weighted by Gasteiger charge is 2.19. The van der Waals surface area contributed by atoms with Crippen molar-refractivity contribution in [3.63, 3.8) is 0 Å². The van der Waals surface area contributed by atoms with Gasteiger partial charge in [0.2, 0.25) is 0 Å². The number of aliphatic hydroxyl groups excluding tert-OH is 1. The molecule has 1 aromatic rings. The number of ether oxygens (including phenoxy) is 1. The molecule has 19 heavy (non-hydrogen) atoms. The van der Waals surface area contributed by atoms with E-state index in [0.29, 0.717) is 5.92 Å². The van der Waals surface area contributed by atoms with Crippen molar-refractivity contribution in [1.29, 1.82) is 0 Å². The van der Waals surface area contributed by atoms with Crippen molar-refractivity contribution in [2.24, 2.45) is 5.73 Å². The monoisotopic (exact) mass is 265 g/mol. The Hall–Kier alpha value is -1.06. The smallest absolute Gasteiger partial charge is 0.137 e. The van der Waals surface area contributed by atoms with Crippen LogP contribution in [0.4, 0.5) is 0 Å². The van der Waals surface area contributed by atoms with Gasteiger partial charge in [0.1, 0.15) is 11.9 Å². The third-order valence-electron chi connectivity index (χ3n) is 3.44. The van der Waals surface area contributed by atoms with Crippen molar-refractivity contribution in [1.82, 2.24) is 0 Å². The maximum atomic E-state index is 9.45. The van der Waals surface area contributed by atoms with E-state index in [9.17, 15) is 5.11 Å². The molecular weight excluding hydrogens is 238 g/mol. The lowest BCUT2D eigenvalue weighted by Gasteiger charge is -2.24. The molecule has 0 radical (unpaired) electrons. The van der Waals surface area contributed by atoms with Gasteiger partial charge in [-0.05, 0) is 36.5 Å². The number of hydrogen-bond acceptors (Lipinski definition) is 3. The lowest BCUT2D eigenvalue weighted by molar-refractivity contribution is 0.0910. The van der Waals surface area contributed by atoms with Crippen LogP contribution in [0.25, 0.3) is 0 Å². The van der Waals surface area contributed by atoms with Gasteiger partial charge in [0, 0.05) is 6.04 Å². The summed E-state index contributed by atoms with van der Waals surface area (Å²) in [6, 6.07) is 6.11. The topological polar surface area (TPSA) is 55.5 Å². The van der Waals surface area contributed by atoms with Crippen LogP contribution >= 0.6 is 0 Å². The molecule has 2 unspecified atom stereocenters. The second-order valence-corrected chi connectivity index (χ2v) is 5.47. The first-order valence-corrected chi connectivity index (χ1v) is 7.13. The van der Waals surface area contributed by atoms with E-state index in [2.05, 4.69) is 39.0 Å². The zero-order valence-electron chi connectivity index (χ0n) is 12.5. The molecule has 0 saturated heterocycles. The van der Waals surface area contributed by atoms with E-state index in [0.717, 1.165) is 24.2 Å². The number of aryl methyl sites for hydroxylation is 1. The Balaban J connectivity index is 2.86. The number of aliphatic hydroxyl groups is 1. The zero-order chi connectivity index (χ0) is 14.4. The van der Waals surface area contributed by atoms with Crippen LogP contribution < -0.4 is 10.5 Å². The maximum Gasteiger partial charge on any atom is 0.137 e. The molecule has 0 spiro atoms. The molecule has 1 aromatic carbocycles. The Morgan fingerprint density at radius 3 is 2.53 bits per heavy atom. The fourth-order valence-corrected chi connectivity index (χ4v) is 2.05. The molecule has 3 nitrogen and oxygen atoms in total. The first-order chi connectivity index (χ1) is 8.99. The number of benzene rings is 1. The van der Waals surface area contributed by atoms with Crippen molar-refractivity contribution >= 4 is 0 Å². The molecule has 0 saturated carbocycles. The predicted octanol–water partition coefficient (Wildman–Crippen LogP) is 2.99. The van der Waals surface area contributed by atoms with Gasteiger partial charge < -0.3 is 15.6 Å². The van der Waals surface area contributed by atoms with Crippen LogP contribution in [-0.2, 0) is 0 Å². The highest BCUT2D eigenvalue weighted by Crippen LogP contribution is 2.25. The highest BCUT2D eigenvalue weighted by atomic mass is 16.5. The average molecular weight is 265 g/mol. The molecule has 0 amide bonds. The molecule has 0 heterocycles. The van der Waals surface area contributed by atoms with Crippen LogP contribution in [0, 0.1) is 6.92 Å². The summed E-state index contributed by atoms with van der Waals surface area (Å²) in [7, 11) is 0. The van der Waals surface area contributed by atoms with Crippen LogP contribution in [0.1, 0.15) is 50.7 Å². The number of hydrogen-bond donors (Lipinski definition) is 2. The summed E-state index contributed by atoms with van der Waals surface area (Å²) in [5.74, 6) is 1.29. The lowest BCUT2D eigenvalue weighted by Crippen LogP contribution is -2.41. The molecule has 3 heteroatoms. The summed E-state index contributed by atoms with van der Waals surface area (Å²) >= 11 is 0. The third-order valence-corrected chi connectivity index (χ3v) is 3.44. The van der Waals surface area contributed by atoms with E-state index < -0.39 is 0 Å². The van der Waals surface area contributed by atoms with Crippen LogP contribution in [-0.4, -0.2) is 23.9 Å². The van der Waals surface area contributed by atoms with Gasteiger partial charge in [-0.15, -0.1) is 0 Å². The second kappa shape index (κ2) is 7.51. The Labute approximate surface area is 116 Å². The maximum absolute atomic E-state index is 9.45. The van der Waals surface area contributed by atoms with Crippen molar-refractivity contribution in [2.45, 2.75) is 58.6 Å². The van der Waals surface area contributed by atoms with Gasteiger partial charge in [-0.2, -0.15) is 0 Å². The SMILES string of the molecule is CCCC(N)C(CO)Oc1cc(C(C)C)ccc1C. The van der Waals surface area contributed by atoms with Gasteiger partial charge in [0.15, 0.2) is 0 Å². The second-order valence-electron chi connectivity index (χ2n) is 5.47. The quantitative estimate of drug-likeness (QED) is 0.797. The summed E-state index contributed by atoms with van der Waals surface area (Å²) in [5.41, 5.74) is 8.36. The van der Waals surface area contributed by atoms with Crippen LogP contribution in [0.3, 0.4) is 0 Å². The van der Waals surface area contributed by atoms with Crippen LogP contribution in [0.5, 0.6) is 5.75 Å². The van der Waals surface area contributed by atoms with E-state index >= 15 is 0 Å². The number of nitrogens with two attached hydrogens (primary N) is 1. The Kier molecular flexibility index (Phi) is 6.32. The van der Waals surface area contributed by atoms with Gasteiger partial charge in [-0.3, -0.25) is 0 Å². The number of rotatable bonds is 7. The first-order valence-electron chi connectivity index (χ1n) is 7.13. The molecule has 0 fully saturated rings. The van der Waals surface area contributed by atoms with E-state index in [1.54, 1.807) is 0 Å². The van der Waals surface area contributed by atoms with Gasteiger partial charge in [-0.25, -0.2) is 0 Å². The largest absolute Gasteiger partial charge is 0.486 e. The molecule has 0 aliphatic rings. The fraction of sp³-hybridized carbons (Fsp3) is 0.625. The standard InChI is InChI=1S/C16H27NO2/c1-5-6-14(17)16(10-18)19-15-9-13(11(2)3)8-7-12(15)4/h7-9,11,14,16,18H,5-6,10,17H2,1-4H3. The minimum Gasteiger partial charge on any atom is -0.486 e. The van der Waals surface area contributed by atoms with E-state index in [1.165, 1.54) is 5.56 Å². The summed E-state index contributed by atoms with van der Waals surface area (Å²) in [5, 5.41) is 9.45. The molecule has 0 aliphatic heterocycles. The van der Waals surface area contributed by atoms with Crippen molar-refractivity contribution in [2.75, 3.05) is 6.61 Å². The normalized spacial score (nSPS) is 14.5. The summed E-state index contributed by atoms with van der Waals surface area (Å²) in [6.45, 7) is 8.35. The van der Waals surface area contributed by atoms with Crippen molar-refractivity contribution in [3.8, 4) is 5.75 Å². The average Bonchev–Trinajstić information content (AvgIpc) is 2.37. The minimum atomic E-state index is -0.332. The lowest BCUT2D eigenvalue weighted by atomic mass is 10.0. The molecule has 108 valence electrons. The molecule has 2 atom stereocenters. The van der Waals surface area contributed by atoms with Crippen molar-refractivity contribution in [3.05, 3.63) is 29.3 Å². The van der Waals surface area contributed by atoms with E-state index in [4.69, 9.17) is 10.5 Å². The first kappa shape index (κ1) is 16.0. The Bertz CT molecular complexity index is 390. The molecule has 0 bridgehead atoms. The van der Waals surface area contributed by atoms with Crippen molar-refractivity contribution < 1.29 is 9.84 Å². The van der Waals surface area contributed by atoms with E-state index in [1.807, 2.05) is 6.92 Å². The van der Waals surface area contributed by atoms with E-state index in [-0.39, 0.29) is 18.8 Å². The van der Waals surface area contributed by atoms with Gasteiger partial charge in [-0.1, -0.05) is 39.3 Å². The Morgan fingerprint density at radius 1 is 1.32 bits per heavy atom. The molecule has 3 N–H and O–H groups in total. The van der Waals surface area contributed by atoms with Gasteiger partial charge in [0.25, 0.3) is 0 Å². The van der Waals surface area contributed by atoms with Gasteiger partial charge >= 0.3 is 0 Å². The summed E-state index contributed by atoms with van der Waals surface area (Å²) in [6.07, 6.45) is 1.52. The third kappa shape index (κ3) is 4.51. The summed E-state index contributed by atoms with van der Waals surface area (Å²) < 4.78 is 5.92. The Morgan fingerprint density at radius 2 is 2.00 bits per heavy atom. The highest BCUT2D eigenvalue weighted by molar-refractivity contribution is 5.38. The predicted molar refractivity (Wildman–Crippen MR) is 79.7 cm³/mol. The molecule has 1 rings (SSSR count). The molecule has 0 aromatic heterocycles. The fourth-order valence-electron chi connectivity index (χ4n) is 2.05. The zero-order valence-corrected chi connectivity index (χ0v) is 12.5. The molecular formula is C16H27NO2. The van der Waals surface area contributed by atoms with Gasteiger partial charge in [0.05, 0.1) is 6.61 Å². The molecule has 0 aliphatic carbocycles. The van der Waals surface area contributed by atoms with Crippen LogP contribution in [0.2, 0.25) is 0 Å².